The van der Waals surface area contributed by atoms with Crippen LogP contribution in [0, 0.1) is 0 Å². The van der Waals surface area contributed by atoms with E-state index in [1.807, 2.05) is 30.3 Å². The third-order valence-corrected chi connectivity index (χ3v) is 11.3. The lowest BCUT2D eigenvalue weighted by molar-refractivity contribution is 0.669. The van der Waals surface area contributed by atoms with E-state index in [0.717, 1.165) is 89.0 Å². The summed E-state index contributed by atoms with van der Waals surface area (Å²) in [5.74, 6) is 0.692. The highest BCUT2D eigenvalue weighted by molar-refractivity contribution is 6.17. The lowest BCUT2D eigenvalue weighted by Gasteiger charge is -2.26. The molecule has 0 saturated carbocycles. The second kappa shape index (κ2) is 15.0. The number of fused-ring (bicyclic) bond motifs is 4. The van der Waals surface area contributed by atoms with Gasteiger partial charge in [-0.2, -0.15) is 0 Å². The Morgan fingerprint density at radius 1 is 0.317 bits per heavy atom. The first-order valence-corrected chi connectivity index (χ1v) is 20.2. The summed E-state index contributed by atoms with van der Waals surface area (Å²) in [6.45, 7) is 0. The van der Waals surface area contributed by atoms with E-state index in [-0.39, 0.29) is 0 Å². The molecule has 2 heterocycles. The molecule has 0 saturated heterocycles. The SMILES string of the molecule is c1ccc(-c2ccc(N(c3ccccc3)c3cc(-c4ccc(-c5cc(-c6ccccc6)nc(-c6ccccc6)n5)c5ccccc45)c4c(c3)oc3ccccc34)cc2)cc1. The van der Waals surface area contributed by atoms with Crippen molar-refractivity contribution in [3.8, 4) is 56.2 Å². The van der Waals surface area contributed by atoms with Crippen LogP contribution in [0.5, 0.6) is 0 Å². The summed E-state index contributed by atoms with van der Waals surface area (Å²) >= 11 is 0. The molecule has 2 aromatic heterocycles. The van der Waals surface area contributed by atoms with Gasteiger partial charge in [-0.25, -0.2) is 9.97 Å². The van der Waals surface area contributed by atoms with Gasteiger partial charge in [0.2, 0.25) is 0 Å². The second-order valence-electron chi connectivity index (χ2n) is 14.9. The lowest BCUT2D eigenvalue weighted by Crippen LogP contribution is -2.10. The molecule has 4 heteroatoms. The van der Waals surface area contributed by atoms with Gasteiger partial charge in [-0.3, -0.25) is 0 Å². The average molecular weight is 768 g/mol. The fraction of sp³-hybridized carbons (Fsp3) is 0. The van der Waals surface area contributed by atoms with Gasteiger partial charge in [0.1, 0.15) is 11.2 Å². The number of aromatic nitrogens is 2. The maximum atomic E-state index is 6.73. The molecule has 0 aliphatic carbocycles. The van der Waals surface area contributed by atoms with Crippen LogP contribution in [0.25, 0.3) is 88.9 Å². The van der Waals surface area contributed by atoms with Crippen molar-refractivity contribution in [1.29, 1.82) is 0 Å². The first-order valence-electron chi connectivity index (χ1n) is 20.2. The topological polar surface area (TPSA) is 42.2 Å². The second-order valence-corrected chi connectivity index (χ2v) is 14.9. The van der Waals surface area contributed by atoms with Crippen molar-refractivity contribution in [2.24, 2.45) is 0 Å². The molecule has 0 spiro atoms. The number of nitrogens with zero attached hydrogens (tertiary/aromatic N) is 3. The number of hydrogen-bond acceptors (Lipinski definition) is 4. The van der Waals surface area contributed by atoms with Crippen LogP contribution < -0.4 is 4.90 Å². The number of furan rings is 1. The summed E-state index contributed by atoms with van der Waals surface area (Å²) < 4.78 is 6.73. The molecular weight excluding hydrogens is 731 g/mol. The minimum Gasteiger partial charge on any atom is -0.456 e. The Morgan fingerprint density at radius 2 is 0.833 bits per heavy atom. The smallest absolute Gasteiger partial charge is 0.160 e. The fourth-order valence-corrected chi connectivity index (χ4v) is 8.45. The highest BCUT2D eigenvalue weighted by Crippen LogP contribution is 2.46. The van der Waals surface area contributed by atoms with Crippen molar-refractivity contribution < 1.29 is 4.42 Å². The van der Waals surface area contributed by atoms with Crippen LogP contribution in [0.1, 0.15) is 0 Å². The molecular formula is C56H37N3O. The van der Waals surface area contributed by atoms with Gasteiger partial charge in [0.25, 0.3) is 0 Å². The first kappa shape index (κ1) is 35.1. The van der Waals surface area contributed by atoms with E-state index < -0.39 is 0 Å². The van der Waals surface area contributed by atoms with Gasteiger partial charge in [-0.15, -0.1) is 0 Å². The van der Waals surface area contributed by atoms with Gasteiger partial charge in [-0.05, 0) is 75.5 Å². The first-order chi connectivity index (χ1) is 29.7. The number of anilines is 3. The van der Waals surface area contributed by atoms with Gasteiger partial charge in [0, 0.05) is 44.9 Å². The van der Waals surface area contributed by atoms with E-state index in [4.69, 9.17) is 14.4 Å². The zero-order chi connectivity index (χ0) is 39.8. The maximum absolute atomic E-state index is 6.73. The summed E-state index contributed by atoms with van der Waals surface area (Å²) in [6.07, 6.45) is 0. The molecule has 0 amide bonds. The Hall–Kier alpha value is -8.08. The van der Waals surface area contributed by atoms with Crippen LogP contribution in [-0.4, -0.2) is 9.97 Å². The van der Waals surface area contributed by atoms with Crippen LogP contribution in [0.4, 0.5) is 17.1 Å². The quantitative estimate of drug-likeness (QED) is 0.154. The van der Waals surface area contributed by atoms with Gasteiger partial charge >= 0.3 is 0 Å². The molecule has 60 heavy (non-hydrogen) atoms. The summed E-state index contributed by atoms with van der Waals surface area (Å²) in [7, 11) is 0. The van der Waals surface area contributed by atoms with Crippen LogP contribution in [-0.2, 0) is 0 Å². The van der Waals surface area contributed by atoms with Crippen molar-refractivity contribution in [2.45, 2.75) is 0 Å². The highest BCUT2D eigenvalue weighted by atomic mass is 16.3. The minimum absolute atomic E-state index is 0.692. The summed E-state index contributed by atoms with van der Waals surface area (Å²) in [5, 5.41) is 4.39. The fourth-order valence-electron chi connectivity index (χ4n) is 8.45. The standard InChI is InChI=1S/C56H37N3O/c1-5-17-38(18-6-1)39-29-31-43(32-30-39)59(42-23-11-4-12-24-42)44-35-50(55-49-27-15-16-28-53(49)60-54(55)36-44)47-33-34-48(46-26-14-13-25-45(46)47)52-37-51(40-19-7-2-8-20-40)57-56(58-52)41-21-9-3-10-22-41/h1-37H. The third kappa shape index (κ3) is 6.37. The zero-order valence-electron chi connectivity index (χ0n) is 32.6. The van der Waals surface area contributed by atoms with Crippen LogP contribution in [0.15, 0.2) is 229 Å². The maximum Gasteiger partial charge on any atom is 0.160 e. The van der Waals surface area contributed by atoms with Crippen molar-refractivity contribution in [3.05, 3.63) is 224 Å². The largest absolute Gasteiger partial charge is 0.456 e. The van der Waals surface area contributed by atoms with E-state index in [1.165, 1.54) is 11.1 Å². The molecule has 9 aromatic carbocycles. The number of hydrogen-bond donors (Lipinski definition) is 0. The molecule has 0 bridgehead atoms. The van der Waals surface area contributed by atoms with Gasteiger partial charge in [0.15, 0.2) is 5.82 Å². The molecule has 0 atom stereocenters. The van der Waals surface area contributed by atoms with Crippen molar-refractivity contribution in [3.63, 3.8) is 0 Å². The van der Waals surface area contributed by atoms with Crippen molar-refractivity contribution in [2.75, 3.05) is 4.90 Å². The molecule has 0 aliphatic rings. The van der Waals surface area contributed by atoms with E-state index in [1.54, 1.807) is 0 Å². The Kier molecular flexibility index (Phi) is 8.79. The average Bonchev–Trinajstić information content (AvgIpc) is 3.71. The molecule has 0 unspecified atom stereocenters. The van der Waals surface area contributed by atoms with Crippen molar-refractivity contribution >= 4 is 49.8 Å². The predicted molar refractivity (Wildman–Crippen MR) is 249 cm³/mol. The van der Waals surface area contributed by atoms with Gasteiger partial charge in [0.05, 0.1) is 17.1 Å². The molecule has 11 aromatic rings. The summed E-state index contributed by atoms with van der Waals surface area (Å²) in [5.41, 5.74) is 14.2. The molecule has 0 radical (unpaired) electrons. The Bertz CT molecular complexity index is 3230. The number of benzene rings is 9. The van der Waals surface area contributed by atoms with Crippen LogP contribution in [0.2, 0.25) is 0 Å². The summed E-state index contributed by atoms with van der Waals surface area (Å²) in [4.78, 5) is 12.6. The van der Waals surface area contributed by atoms with Gasteiger partial charge < -0.3 is 9.32 Å². The monoisotopic (exact) mass is 767 g/mol. The predicted octanol–water partition coefficient (Wildman–Crippen LogP) is 15.3. The lowest BCUT2D eigenvalue weighted by atomic mass is 9.90. The molecule has 282 valence electrons. The van der Waals surface area contributed by atoms with Crippen LogP contribution in [0.3, 0.4) is 0 Å². The minimum atomic E-state index is 0.692. The Labute approximate surface area is 348 Å². The zero-order valence-corrected chi connectivity index (χ0v) is 32.6. The molecule has 0 N–H and O–H groups in total. The van der Waals surface area contributed by atoms with Gasteiger partial charge in [-0.1, -0.05) is 176 Å². The van der Waals surface area contributed by atoms with E-state index in [0.29, 0.717) is 5.82 Å². The van der Waals surface area contributed by atoms with E-state index >= 15 is 0 Å². The molecule has 0 fully saturated rings. The molecule has 11 rings (SSSR count). The van der Waals surface area contributed by atoms with Crippen molar-refractivity contribution in [1.82, 2.24) is 9.97 Å². The molecule has 4 nitrogen and oxygen atoms in total. The normalized spacial score (nSPS) is 11.3. The Balaban J connectivity index is 1.13. The number of para-hydroxylation sites is 2. The highest BCUT2D eigenvalue weighted by Gasteiger charge is 2.22. The molecule has 0 aliphatic heterocycles. The van der Waals surface area contributed by atoms with E-state index in [9.17, 15) is 0 Å². The van der Waals surface area contributed by atoms with Crippen LogP contribution >= 0.6 is 0 Å². The van der Waals surface area contributed by atoms with E-state index in [2.05, 4.69) is 199 Å². The summed E-state index contributed by atoms with van der Waals surface area (Å²) in [6, 6.07) is 78.6. The third-order valence-electron chi connectivity index (χ3n) is 11.3. The Morgan fingerprint density at radius 3 is 1.53 bits per heavy atom. The number of rotatable bonds is 8.